The molecule has 0 spiro atoms. The second-order valence-electron chi connectivity index (χ2n) is 5.13. The van der Waals surface area contributed by atoms with Gasteiger partial charge in [-0.25, -0.2) is 8.42 Å². The van der Waals surface area contributed by atoms with Gasteiger partial charge in [-0.3, -0.25) is 14.8 Å². The van der Waals surface area contributed by atoms with Crippen LogP contribution in [0.15, 0.2) is 41.3 Å². The number of hydrogen-bond acceptors (Lipinski definition) is 4. The van der Waals surface area contributed by atoms with E-state index < -0.39 is 14.9 Å². The van der Waals surface area contributed by atoms with E-state index in [1.807, 2.05) is 19.1 Å². The molecule has 0 aliphatic heterocycles. The fraction of sp³-hybridized carbons (Fsp3) is 0.200. The first-order valence-corrected chi connectivity index (χ1v) is 8.04. The molecule has 0 heterocycles. The molecule has 0 aliphatic rings. The molecule has 0 bridgehead atoms. The zero-order chi connectivity index (χ0) is 16.5. The van der Waals surface area contributed by atoms with Crippen LogP contribution < -0.4 is 4.72 Å². The molecule has 2 aromatic rings. The Morgan fingerprint density at radius 2 is 1.64 bits per heavy atom. The summed E-state index contributed by atoms with van der Waals surface area (Å²) in [7, 11) is -3.88. The molecule has 0 aromatic heterocycles. The fourth-order valence-electron chi connectivity index (χ4n) is 2.00. The number of nitrogens with one attached hydrogen (secondary N) is 1. The van der Waals surface area contributed by atoms with E-state index in [-0.39, 0.29) is 10.6 Å². The lowest BCUT2D eigenvalue weighted by Crippen LogP contribution is -2.14. The molecule has 1 N–H and O–H groups in total. The molecule has 2 rings (SSSR count). The van der Waals surface area contributed by atoms with Crippen LogP contribution >= 0.6 is 0 Å². The molecule has 0 saturated heterocycles. The Bertz CT molecular complexity index is 845. The molecule has 0 amide bonds. The first-order chi connectivity index (χ1) is 10.2. The summed E-state index contributed by atoms with van der Waals surface area (Å²) in [5.74, 6) is 0. The second-order valence-corrected chi connectivity index (χ2v) is 6.81. The van der Waals surface area contributed by atoms with Crippen LogP contribution in [0.4, 0.5) is 11.4 Å². The summed E-state index contributed by atoms with van der Waals surface area (Å²) < 4.78 is 27.3. The van der Waals surface area contributed by atoms with Gasteiger partial charge in [0, 0.05) is 11.6 Å². The topological polar surface area (TPSA) is 89.3 Å². The monoisotopic (exact) mass is 320 g/mol. The van der Waals surface area contributed by atoms with E-state index in [9.17, 15) is 18.5 Å². The van der Waals surface area contributed by atoms with Crippen LogP contribution in [0, 0.1) is 30.9 Å². The van der Waals surface area contributed by atoms with Crippen molar-refractivity contribution in [2.75, 3.05) is 4.72 Å². The van der Waals surface area contributed by atoms with Crippen LogP contribution in [-0.4, -0.2) is 13.3 Å². The van der Waals surface area contributed by atoms with Gasteiger partial charge in [-0.1, -0.05) is 18.2 Å². The number of aryl methyl sites for hydroxylation is 3. The van der Waals surface area contributed by atoms with Crippen molar-refractivity contribution in [3.63, 3.8) is 0 Å². The highest BCUT2D eigenvalue weighted by Gasteiger charge is 2.20. The van der Waals surface area contributed by atoms with Gasteiger partial charge in [-0.05, 0) is 44.0 Å². The predicted molar refractivity (Wildman–Crippen MR) is 84.6 cm³/mol. The third kappa shape index (κ3) is 3.25. The van der Waals surface area contributed by atoms with E-state index in [2.05, 4.69) is 4.72 Å². The SMILES string of the molecule is Cc1ccc(C)c(NS(=O)(=O)c2ccc(C)c([N+](=O)[O-])c2)c1. The Kier molecular flexibility index (Phi) is 4.18. The summed E-state index contributed by atoms with van der Waals surface area (Å²) in [5, 5.41) is 10.9. The van der Waals surface area contributed by atoms with E-state index in [4.69, 9.17) is 0 Å². The first-order valence-electron chi connectivity index (χ1n) is 6.56. The zero-order valence-electron chi connectivity index (χ0n) is 12.5. The molecule has 22 heavy (non-hydrogen) atoms. The molecule has 6 nitrogen and oxygen atoms in total. The lowest BCUT2D eigenvalue weighted by molar-refractivity contribution is -0.385. The van der Waals surface area contributed by atoms with E-state index >= 15 is 0 Å². The molecule has 0 aliphatic carbocycles. The Morgan fingerprint density at radius 1 is 1.00 bits per heavy atom. The number of hydrogen-bond donors (Lipinski definition) is 1. The second kappa shape index (κ2) is 5.76. The van der Waals surface area contributed by atoms with Gasteiger partial charge in [0.05, 0.1) is 15.5 Å². The summed E-state index contributed by atoms with van der Waals surface area (Å²) in [6.07, 6.45) is 0. The smallest absolute Gasteiger partial charge is 0.273 e. The maximum Gasteiger partial charge on any atom is 0.273 e. The van der Waals surface area contributed by atoms with Crippen LogP contribution in [0.25, 0.3) is 0 Å². The molecular weight excluding hydrogens is 304 g/mol. The van der Waals surface area contributed by atoms with Crippen molar-refractivity contribution in [1.82, 2.24) is 0 Å². The number of nitro groups is 1. The number of anilines is 1. The predicted octanol–water partition coefficient (Wildman–Crippen LogP) is 3.32. The summed E-state index contributed by atoms with van der Waals surface area (Å²) in [6, 6.07) is 9.26. The van der Waals surface area contributed by atoms with E-state index in [1.54, 1.807) is 19.9 Å². The number of benzene rings is 2. The van der Waals surface area contributed by atoms with Gasteiger partial charge in [-0.2, -0.15) is 0 Å². The van der Waals surface area contributed by atoms with Gasteiger partial charge < -0.3 is 0 Å². The third-order valence-corrected chi connectivity index (χ3v) is 4.69. The third-order valence-electron chi connectivity index (χ3n) is 3.32. The minimum atomic E-state index is -3.88. The van der Waals surface area contributed by atoms with Crippen LogP contribution in [0.1, 0.15) is 16.7 Å². The number of nitrogens with zero attached hydrogens (tertiary/aromatic N) is 1. The summed E-state index contributed by atoms with van der Waals surface area (Å²) in [5.41, 5.74) is 2.34. The molecule has 116 valence electrons. The van der Waals surface area contributed by atoms with Crippen molar-refractivity contribution in [3.8, 4) is 0 Å². The first kappa shape index (κ1) is 16.0. The average molecular weight is 320 g/mol. The molecule has 0 atom stereocenters. The molecule has 2 aromatic carbocycles. The summed E-state index contributed by atoms with van der Waals surface area (Å²) >= 11 is 0. The van der Waals surface area contributed by atoms with Gasteiger partial charge in [0.15, 0.2) is 0 Å². The summed E-state index contributed by atoms with van der Waals surface area (Å²) in [4.78, 5) is 10.2. The van der Waals surface area contributed by atoms with Crippen molar-refractivity contribution in [1.29, 1.82) is 0 Å². The van der Waals surface area contributed by atoms with E-state index in [0.29, 0.717) is 11.3 Å². The highest BCUT2D eigenvalue weighted by molar-refractivity contribution is 7.92. The van der Waals surface area contributed by atoms with Gasteiger partial charge in [-0.15, -0.1) is 0 Å². The van der Waals surface area contributed by atoms with Crippen LogP contribution in [0.2, 0.25) is 0 Å². The van der Waals surface area contributed by atoms with Gasteiger partial charge in [0.1, 0.15) is 0 Å². The van der Waals surface area contributed by atoms with Crippen LogP contribution in [0.5, 0.6) is 0 Å². The lowest BCUT2D eigenvalue weighted by atomic mass is 10.1. The Labute approximate surface area is 129 Å². The molecule has 0 saturated carbocycles. The molecular formula is C15H16N2O4S. The largest absolute Gasteiger partial charge is 0.279 e. The Hall–Kier alpha value is -2.41. The highest BCUT2D eigenvalue weighted by Crippen LogP contribution is 2.25. The Morgan fingerprint density at radius 3 is 2.27 bits per heavy atom. The van der Waals surface area contributed by atoms with E-state index in [0.717, 1.165) is 17.2 Å². The van der Waals surface area contributed by atoms with Crippen LogP contribution in [0.3, 0.4) is 0 Å². The normalized spacial score (nSPS) is 11.2. The molecule has 0 fully saturated rings. The average Bonchev–Trinajstić information content (AvgIpc) is 2.42. The van der Waals surface area contributed by atoms with Crippen molar-refractivity contribution in [3.05, 3.63) is 63.2 Å². The minimum absolute atomic E-state index is 0.134. The van der Waals surface area contributed by atoms with Gasteiger partial charge in [0.2, 0.25) is 0 Å². The summed E-state index contributed by atoms with van der Waals surface area (Å²) in [6.45, 7) is 5.20. The van der Waals surface area contributed by atoms with E-state index in [1.165, 1.54) is 12.1 Å². The van der Waals surface area contributed by atoms with Crippen LogP contribution in [-0.2, 0) is 10.0 Å². The maximum atomic E-state index is 12.4. The Balaban J connectivity index is 2.45. The number of rotatable bonds is 4. The molecule has 0 unspecified atom stereocenters. The number of sulfonamides is 1. The quantitative estimate of drug-likeness (QED) is 0.691. The highest BCUT2D eigenvalue weighted by atomic mass is 32.2. The number of nitro benzene ring substituents is 1. The van der Waals surface area contributed by atoms with Crippen molar-refractivity contribution in [2.45, 2.75) is 25.7 Å². The fourth-order valence-corrected chi connectivity index (χ4v) is 3.14. The minimum Gasteiger partial charge on any atom is -0.279 e. The molecule has 7 heteroatoms. The van der Waals surface area contributed by atoms with Crippen molar-refractivity contribution >= 4 is 21.4 Å². The molecule has 0 radical (unpaired) electrons. The van der Waals surface area contributed by atoms with Gasteiger partial charge >= 0.3 is 0 Å². The van der Waals surface area contributed by atoms with Crippen molar-refractivity contribution < 1.29 is 13.3 Å². The zero-order valence-corrected chi connectivity index (χ0v) is 13.3. The van der Waals surface area contributed by atoms with Gasteiger partial charge in [0.25, 0.3) is 15.7 Å². The lowest BCUT2D eigenvalue weighted by Gasteiger charge is -2.11. The maximum absolute atomic E-state index is 12.4. The standard InChI is InChI=1S/C15H16N2O4S/c1-10-4-5-11(2)14(8-10)16-22(20,21)13-7-6-12(3)15(9-13)17(18)19/h4-9,16H,1-3H3. The van der Waals surface area contributed by atoms with Crippen molar-refractivity contribution in [2.24, 2.45) is 0 Å².